The van der Waals surface area contributed by atoms with E-state index in [9.17, 15) is 0 Å². The lowest BCUT2D eigenvalue weighted by Crippen LogP contribution is -2.18. The molecule has 1 aliphatic heterocycles. The van der Waals surface area contributed by atoms with Crippen molar-refractivity contribution in [3.8, 4) is 0 Å². The van der Waals surface area contributed by atoms with Crippen LogP contribution in [0.1, 0.15) is 23.6 Å². The summed E-state index contributed by atoms with van der Waals surface area (Å²) in [5, 5.41) is 7.10. The van der Waals surface area contributed by atoms with E-state index in [0.29, 0.717) is 0 Å². The molecule has 0 radical (unpaired) electrons. The molecule has 0 aliphatic carbocycles. The van der Waals surface area contributed by atoms with Crippen molar-refractivity contribution in [1.82, 2.24) is 0 Å². The third-order valence-electron chi connectivity index (χ3n) is 4.36. The van der Waals surface area contributed by atoms with E-state index < -0.39 is 0 Å². The summed E-state index contributed by atoms with van der Waals surface area (Å²) in [5.74, 6) is 0. The van der Waals surface area contributed by atoms with Gasteiger partial charge in [-0.05, 0) is 47.5 Å². The highest BCUT2D eigenvalue weighted by atomic mass is 79.9. The standard InChI is InChI=1S/C21H16Br2N2/c22-17-10-6-15(7-11-17)20-14-21(16-8-12-18(23)13-9-16)25(24-20)19-4-2-1-3-5-19/h1-13,21H,14H2/t21-/m0/s1. The summed E-state index contributed by atoms with van der Waals surface area (Å²) in [6.45, 7) is 0. The van der Waals surface area contributed by atoms with E-state index in [0.717, 1.165) is 26.8 Å². The maximum atomic E-state index is 4.96. The van der Waals surface area contributed by atoms with E-state index in [-0.39, 0.29) is 6.04 Å². The Bertz CT molecular complexity index is 887. The fraction of sp³-hybridized carbons (Fsp3) is 0.0952. The minimum Gasteiger partial charge on any atom is -0.257 e. The second-order valence-electron chi connectivity index (χ2n) is 6.01. The van der Waals surface area contributed by atoms with Crippen LogP contribution in [0.3, 0.4) is 0 Å². The summed E-state index contributed by atoms with van der Waals surface area (Å²) in [7, 11) is 0. The van der Waals surface area contributed by atoms with Crippen molar-refractivity contribution in [3.05, 3.63) is 98.9 Å². The van der Waals surface area contributed by atoms with Crippen LogP contribution in [0, 0.1) is 0 Å². The zero-order chi connectivity index (χ0) is 17.2. The highest BCUT2D eigenvalue weighted by molar-refractivity contribution is 9.10. The summed E-state index contributed by atoms with van der Waals surface area (Å²) in [6, 6.07) is 27.5. The summed E-state index contributed by atoms with van der Waals surface area (Å²) in [5.41, 5.74) is 4.67. The molecule has 1 heterocycles. The van der Waals surface area contributed by atoms with Gasteiger partial charge < -0.3 is 0 Å². The molecule has 4 heteroatoms. The molecular formula is C21H16Br2N2. The Morgan fingerprint density at radius 3 is 2.00 bits per heavy atom. The van der Waals surface area contributed by atoms with Crippen LogP contribution in [0.2, 0.25) is 0 Å². The monoisotopic (exact) mass is 454 g/mol. The van der Waals surface area contributed by atoms with Gasteiger partial charge in [-0.3, -0.25) is 5.01 Å². The number of hydrazone groups is 1. The van der Waals surface area contributed by atoms with Gasteiger partial charge in [-0.2, -0.15) is 5.10 Å². The Balaban J connectivity index is 1.73. The number of benzene rings is 3. The van der Waals surface area contributed by atoms with E-state index in [1.54, 1.807) is 0 Å². The first kappa shape index (κ1) is 16.6. The number of para-hydroxylation sites is 1. The van der Waals surface area contributed by atoms with Gasteiger partial charge in [0.05, 0.1) is 17.4 Å². The van der Waals surface area contributed by atoms with Gasteiger partial charge >= 0.3 is 0 Å². The molecule has 3 aromatic rings. The van der Waals surface area contributed by atoms with Crippen LogP contribution < -0.4 is 5.01 Å². The van der Waals surface area contributed by atoms with Crippen LogP contribution in [0.15, 0.2) is 92.9 Å². The van der Waals surface area contributed by atoms with E-state index in [1.165, 1.54) is 11.1 Å². The highest BCUT2D eigenvalue weighted by Gasteiger charge is 2.29. The summed E-state index contributed by atoms with van der Waals surface area (Å²) >= 11 is 7.03. The Kier molecular flexibility index (Phi) is 4.73. The molecule has 0 aromatic heterocycles. The Labute approximate surface area is 164 Å². The fourth-order valence-electron chi connectivity index (χ4n) is 3.09. The molecule has 1 atom stereocenters. The molecular weight excluding hydrogens is 440 g/mol. The molecule has 0 bridgehead atoms. The average Bonchev–Trinajstić information content (AvgIpc) is 3.09. The molecule has 1 aliphatic rings. The molecule has 0 spiro atoms. The smallest absolute Gasteiger partial charge is 0.0831 e. The quantitative estimate of drug-likeness (QED) is 0.436. The van der Waals surface area contributed by atoms with Gasteiger partial charge in [-0.25, -0.2) is 0 Å². The predicted molar refractivity (Wildman–Crippen MR) is 111 cm³/mol. The fourth-order valence-corrected chi connectivity index (χ4v) is 3.62. The molecule has 124 valence electrons. The van der Waals surface area contributed by atoms with Crippen molar-refractivity contribution >= 4 is 43.3 Å². The van der Waals surface area contributed by atoms with Crippen molar-refractivity contribution < 1.29 is 0 Å². The zero-order valence-electron chi connectivity index (χ0n) is 13.4. The number of halogens is 2. The lowest BCUT2D eigenvalue weighted by atomic mass is 9.98. The molecule has 2 nitrogen and oxygen atoms in total. The second-order valence-corrected chi connectivity index (χ2v) is 7.84. The van der Waals surface area contributed by atoms with E-state index in [1.807, 2.05) is 6.07 Å². The molecule has 0 N–H and O–H groups in total. The SMILES string of the molecule is Brc1ccc(C2=NN(c3ccccc3)[C@H](c3ccc(Br)cc3)C2)cc1. The van der Waals surface area contributed by atoms with Crippen LogP contribution >= 0.6 is 31.9 Å². The van der Waals surface area contributed by atoms with Crippen LogP contribution in [0.4, 0.5) is 5.69 Å². The largest absolute Gasteiger partial charge is 0.257 e. The molecule has 0 saturated heterocycles. The van der Waals surface area contributed by atoms with Gasteiger partial charge in [0, 0.05) is 15.4 Å². The number of anilines is 1. The molecule has 4 rings (SSSR count). The number of rotatable bonds is 3. The van der Waals surface area contributed by atoms with Crippen molar-refractivity contribution in [2.45, 2.75) is 12.5 Å². The third-order valence-corrected chi connectivity index (χ3v) is 5.42. The van der Waals surface area contributed by atoms with Gasteiger partial charge in [0.15, 0.2) is 0 Å². The second kappa shape index (κ2) is 7.14. The van der Waals surface area contributed by atoms with Crippen LogP contribution in [0.5, 0.6) is 0 Å². The highest BCUT2D eigenvalue weighted by Crippen LogP contribution is 2.37. The van der Waals surface area contributed by atoms with Crippen LogP contribution in [0.25, 0.3) is 0 Å². The first-order chi connectivity index (χ1) is 12.2. The normalized spacial score (nSPS) is 16.8. The number of hydrogen-bond donors (Lipinski definition) is 0. The molecule has 0 fully saturated rings. The van der Waals surface area contributed by atoms with Gasteiger partial charge in [0.1, 0.15) is 0 Å². The van der Waals surface area contributed by atoms with Gasteiger partial charge in [-0.1, -0.05) is 74.3 Å². The minimum atomic E-state index is 0.203. The summed E-state index contributed by atoms with van der Waals surface area (Å²) < 4.78 is 2.17. The topological polar surface area (TPSA) is 15.6 Å². The summed E-state index contributed by atoms with van der Waals surface area (Å²) in [4.78, 5) is 0. The molecule has 0 saturated carbocycles. The minimum absolute atomic E-state index is 0.203. The first-order valence-electron chi connectivity index (χ1n) is 8.14. The van der Waals surface area contributed by atoms with Crippen molar-refractivity contribution in [3.63, 3.8) is 0 Å². The van der Waals surface area contributed by atoms with Crippen LogP contribution in [-0.4, -0.2) is 5.71 Å². The molecule has 3 aromatic carbocycles. The Morgan fingerprint density at radius 1 is 0.760 bits per heavy atom. The van der Waals surface area contributed by atoms with Crippen molar-refractivity contribution in [1.29, 1.82) is 0 Å². The van der Waals surface area contributed by atoms with Crippen molar-refractivity contribution in [2.75, 3.05) is 5.01 Å². The van der Waals surface area contributed by atoms with Crippen molar-refractivity contribution in [2.24, 2.45) is 5.10 Å². The average molecular weight is 456 g/mol. The lowest BCUT2D eigenvalue weighted by Gasteiger charge is -2.24. The third kappa shape index (κ3) is 3.55. The van der Waals surface area contributed by atoms with Gasteiger partial charge in [0.2, 0.25) is 0 Å². The maximum Gasteiger partial charge on any atom is 0.0831 e. The predicted octanol–water partition coefficient (Wildman–Crippen LogP) is 6.57. The van der Waals surface area contributed by atoms with Crippen LogP contribution in [-0.2, 0) is 0 Å². The lowest BCUT2D eigenvalue weighted by molar-refractivity contribution is 0.709. The zero-order valence-corrected chi connectivity index (χ0v) is 16.6. The summed E-state index contributed by atoms with van der Waals surface area (Å²) in [6.07, 6.45) is 0.887. The molecule has 0 unspecified atom stereocenters. The number of hydrogen-bond acceptors (Lipinski definition) is 2. The van der Waals surface area contributed by atoms with Gasteiger partial charge in [-0.15, -0.1) is 0 Å². The van der Waals surface area contributed by atoms with E-state index in [4.69, 9.17) is 5.10 Å². The molecule has 25 heavy (non-hydrogen) atoms. The molecule has 0 amide bonds. The van der Waals surface area contributed by atoms with Gasteiger partial charge in [0.25, 0.3) is 0 Å². The number of nitrogens with zero attached hydrogens (tertiary/aromatic N) is 2. The first-order valence-corrected chi connectivity index (χ1v) is 9.72. The van der Waals surface area contributed by atoms with E-state index in [2.05, 4.69) is 110 Å². The Morgan fingerprint density at radius 2 is 1.36 bits per heavy atom. The maximum absolute atomic E-state index is 4.96. The Hall–Kier alpha value is -1.91. The van der Waals surface area contributed by atoms with E-state index >= 15 is 0 Å².